The summed E-state index contributed by atoms with van der Waals surface area (Å²) in [5, 5.41) is 9.01. The number of benzene rings is 2. The van der Waals surface area contributed by atoms with Gasteiger partial charge in [0, 0.05) is 16.8 Å². The Balaban J connectivity index is 2.01. The molecule has 5 nitrogen and oxygen atoms in total. The van der Waals surface area contributed by atoms with Crippen LogP contribution >= 0.6 is 0 Å². The third-order valence-electron chi connectivity index (χ3n) is 3.87. The number of aromatic carboxylic acids is 1. The largest absolute Gasteiger partial charge is 0.478 e. The molecule has 130 valence electrons. The molecular formula is C21H18N2O3. The van der Waals surface area contributed by atoms with E-state index in [1.54, 1.807) is 18.2 Å². The molecule has 0 saturated heterocycles. The van der Waals surface area contributed by atoms with Crippen LogP contribution < -0.4 is 4.74 Å². The van der Waals surface area contributed by atoms with Gasteiger partial charge in [-0.05, 0) is 37.6 Å². The Morgan fingerprint density at radius 1 is 1.12 bits per heavy atom. The van der Waals surface area contributed by atoms with Gasteiger partial charge in [-0.3, -0.25) is 0 Å². The molecule has 0 aliphatic rings. The van der Waals surface area contributed by atoms with E-state index in [1.165, 1.54) is 12.1 Å². The second-order valence-corrected chi connectivity index (χ2v) is 5.71. The summed E-state index contributed by atoms with van der Waals surface area (Å²) in [5.41, 5.74) is 2.76. The van der Waals surface area contributed by atoms with Gasteiger partial charge in [0.1, 0.15) is 5.75 Å². The van der Waals surface area contributed by atoms with E-state index in [2.05, 4.69) is 16.5 Å². The molecule has 0 spiro atoms. The van der Waals surface area contributed by atoms with Crippen molar-refractivity contribution in [1.29, 1.82) is 0 Å². The van der Waals surface area contributed by atoms with Crippen molar-refractivity contribution in [3.05, 3.63) is 84.1 Å². The number of nitrogens with zero attached hydrogens (tertiary/aromatic N) is 2. The highest BCUT2D eigenvalue weighted by Crippen LogP contribution is 2.29. The van der Waals surface area contributed by atoms with Crippen molar-refractivity contribution in [2.24, 2.45) is 0 Å². The second-order valence-electron chi connectivity index (χ2n) is 5.71. The number of carboxylic acid groups (broad SMARTS) is 1. The van der Waals surface area contributed by atoms with Gasteiger partial charge in [-0.25, -0.2) is 9.78 Å². The maximum absolute atomic E-state index is 11.0. The van der Waals surface area contributed by atoms with E-state index in [0.717, 1.165) is 16.8 Å². The lowest BCUT2D eigenvalue weighted by molar-refractivity contribution is 0.0697. The summed E-state index contributed by atoms with van der Waals surface area (Å²) in [7, 11) is 0. The van der Waals surface area contributed by atoms with Crippen LogP contribution in [0.1, 0.15) is 21.6 Å². The van der Waals surface area contributed by atoms with Crippen molar-refractivity contribution >= 4 is 5.97 Å². The van der Waals surface area contributed by atoms with Crippen molar-refractivity contribution in [3.63, 3.8) is 0 Å². The van der Waals surface area contributed by atoms with Crippen LogP contribution in [0.5, 0.6) is 11.6 Å². The van der Waals surface area contributed by atoms with Crippen LogP contribution in [0.25, 0.3) is 11.4 Å². The summed E-state index contributed by atoms with van der Waals surface area (Å²) in [6, 6.07) is 15.9. The molecule has 0 amide bonds. The minimum absolute atomic E-state index is 0.201. The highest BCUT2D eigenvalue weighted by molar-refractivity contribution is 5.87. The highest BCUT2D eigenvalue weighted by atomic mass is 16.5. The summed E-state index contributed by atoms with van der Waals surface area (Å²) in [4.78, 5) is 20.1. The Morgan fingerprint density at radius 3 is 2.42 bits per heavy atom. The molecule has 0 aliphatic heterocycles. The molecular weight excluding hydrogens is 328 g/mol. The standard InChI is InChI=1S/C21H18N2O3/c1-3-7-18-14(2)22-19(15-8-5-4-6-9-15)23-20(18)26-17-12-10-16(11-13-17)21(24)25/h3-6,8-13H,1,7H2,2H3,(H,24,25). The third-order valence-corrected chi connectivity index (χ3v) is 3.87. The number of aromatic nitrogens is 2. The normalized spacial score (nSPS) is 10.3. The molecule has 26 heavy (non-hydrogen) atoms. The quantitative estimate of drug-likeness (QED) is 0.657. The van der Waals surface area contributed by atoms with Crippen LogP contribution in [0.2, 0.25) is 0 Å². The minimum Gasteiger partial charge on any atom is -0.478 e. The van der Waals surface area contributed by atoms with Crippen LogP contribution in [0, 0.1) is 6.92 Å². The molecule has 2 aromatic carbocycles. The van der Waals surface area contributed by atoms with Crippen molar-refractivity contribution in [3.8, 4) is 23.0 Å². The first kappa shape index (κ1) is 17.4. The van der Waals surface area contributed by atoms with Crippen LogP contribution in [0.15, 0.2) is 67.3 Å². The van der Waals surface area contributed by atoms with Gasteiger partial charge in [0.2, 0.25) is 5.88 Å². The number of hydrogen-bond acceptors (Lipinski definition) is 4. The Bertz CT molecular complexity index is 935. The Morgan fingerprint density at radius 2 is 1.81 bits per heavy atom. The minimum atomic E-state index is -0.979. The number of rotatable bonds is 6. The van der Waals surface area contributed by atoms with Crippen molar-refractivity contribution in [2.45, 2.75) is 13.3 Å². The predicted octanol–water partition coefficient (Wildman–Crippen LogP) is 4.67. The van der Waals surface area contributed by atoms with Gasteiger partial charge in [0.15, 0.2) is 5.82 Å². The van der Waals surface area contributed by atoms with Crippen molar-refractivity contribution in [1.82, 2.24) is 9.97 Å². The second kappa shape index (κ2) is 7.61. The summed E-state index contributed by atoms with van der Waals surface area (Å²) in [6.07, 6.45) is 2.34. The Kier molecular flexibility index (Phi) is 5.08. The van der Waals surface area contributed by atoms with E-state index in [-0.39, 0.29) is 5.56 Å². The van der Waals surface area contributed by atoms with Gasteiger partial charge in [0.05, 0.1) is 5.56 Å². The molecule has 1 N–H and O–H groups in total. The first-order valence-electron chi connectivity index (χ1n) is 8.13. The molecule has 5 heteroatoms. The average Bonchev–Trinajstić information content (AvgIpc) is 2.65. The first-order valence-corrected chi connectivity index (χ1v) is 8.13. The Labute approximate surface area is 151 Å². The summed E-state index contributed by atoms with van der Waals surface area (Å²) in [5.74, 6) is 0.554. The maximum Gasteiger partial charge on any atom is 0.335 e. The number of ether oxygens (including phenoxy) is 1. The lowest BCUT2D eigenvalue weighted by Gasteiger charge is -2.13. The molecule has 0 radical (unpaired) electrons. The Hall–Kier alpha value is -3.47. The number of allylic oxidation sites excluding steroid dienone is 1. The monoisotopic (exact) mass is 346 g/mol. The molecule has 0 atom stereocenters. The number of carboxylic acids is 1. The van der Waals surface area contributed by atoms with Crippen molar-refractivity contribution in [2.75, 3.05) is 0 Å². The lowest BCUT2D eigenvalue weighted by atomic mass is 10.1. The van der Waals surface area contributed by atoms with Gasteiger partial charge in [-0.1, -0.05) is 36.4 Å². The van der Waals surface area contributed by atoms with E-state index in [4.69, 9.17) is 9.84 Å². The smallest absolute Gasteiger partial charge is 0.335 e. The van der Waals surface area contributed by atoms with Crippen LogP contribution in [0.4, 0.5) is 0 Å². The van der Waals surface area contributed by atoms with Gasteiger partial charge in [0.25, 0.3) is 0 Å². The topological polar surface area (TPSA) is 72.3 Å². The zero-order valence-corrected chi connectivity index (χ0v) is 14.3. The number of aryl methyl sites for hydroxylation is 1. The molecule has 0 fully saturated rings. The average molecular weight is 346 g/mol. The lowest BCUT2D eigenvalue weighted by Crippen LogP contribution is -2.03. The number of hydrogen-bond donors (Lipinski definition) is 1. The summed E-state index contributed by atoms with van der Waals surface area (Å²) >= 11 is 0. The molecule has 3 rings (SSSR count). The molecule has 0 bridgehead atoms. The van der Waals surface area contributed by atoms with Crippen molar-refractivity contribution < 1.29 is 14.6 Å². The molecule has 3 aromatic rings. The maximum atomic E-state index is 11.0. The van der Waals surface area contributed by atoms with Gasteiger partial charge < -0.3 is 9.84 Å². The molecule has 0 saturated carbocycles. The van der Waals surface area contributed by atoms with Crippen LogP contribution in [-0.4, -0.2) is 21.0 Å². The zero-order chi connectivity index (χ0) is 18.5. The van der Waals surface area contributed by atoms with Crippen LogP contribution in [-0.2, 0) is 6.42 Å². The predicted molar refractivity (Wildman–Crippen MR) is 99.6 cm³/mol. The third kappa shape index (κ3) is 3.78. The summed E-state index contributed by atoms with van der Waals surface area (Å²) < 4.78 is 5.95. The molecule has 1 aromatic heterocycles. The van der Waals surface area contributed by atoms with E-state index < -0.39 is 5.97 Å². The molecule has 0 unspecified atom stereocenters. The van der Waals surface area contributed by atoms with E-state index in [9.17, 15) is 4.79 Å². The fourth-order valence-corrected chi connectivity index (χ4v) is 2.53. The van der Waals surface area contributed by atoms with E-state index >= 15 is 0 Å². The van der Waals surface area contributed by atoms with E-state index in [0.29, 0.717) is 23.9 Å². The molecule has 0 aliphatic carbocycles. The van der Waals surface area contributed by atoms with Crippen LogP contribution in [0.3, 0.4) is 0 Å². The number of carbonyl (C=O) groups is 1. The fraction of sp³-hybridized carbons (Fsp3) is 0.0952. The summed E-state index contributed by atoms with van der Waals surface area (Å²) in [6.45, 7) is 5.69. The SMILES string of the molecule is C=CCc1c(C)nc(-c2ccccc2)nc1Oc1ccc(C(=O)O)cc1. The molecule has 1 heterocycles. The van der Waals surface area contributed by atoms with Gasteiger partial charge in [-0.2, -0.15) is 4.98 Å². The van der Waals surface area contributed by atoms with Gasteiger partial charge in [-0.15, -0.1) is 6.58 Å². The van der Waals surface area contributed by atoms with Gasteiger partial charge >= 0.3 is 5.97 Å². The first-order chi connectivity index (χ1) is 12.6. The van der Waals surface area contributed by atoms with E-state index in [1.807, 2.05) is 37.3 Å². The fourth-order valence-electron chi connectivity index (χ4n) is 2.53. The highest BCUT2D eigenvalue weighted by Gasteiger charge is 2.14. The zero-order valence-electron chi connectivity index (χ0n) is 14.3.